The number of nitrogens with two attached hydrogens (primary N) is 1. The molecule has 0 aromatic carbocycles. The van der Waals surface area contributed by atoms with Crippen molar-refractivity contribution in [1.29, 1.82) is 0 Å². The zero-order valence-electron chi connectivity index (χ0n) is 15.6. The fourth-order valence-corrected chi connectivity index (χ4v) is 3.56. The summed E-state index contributed by atoms with van der Waals surface area (Å²) in [6.07, 6.45) is 6.79. The lowest BCUT2D eigenvalue weighted by Crippen LogP contribution is -2.26. The van der Waals surface area contributed by atoms with Crippen molar-refractivity contribution in [3.63, 3.8) is 0 Å². The first-order valence-electron chi connectivity index (χ1n) is 8.95. The lowest BCUT2D eigenvalue weighted by Gasteiger charge is -2.09. The van der Waals surface area contributed by atoms with E-state index < -0.39 is 6.03 Å². The van der Waals surface area contributed by atoms with Gasteiger partial charge in [0.25, 0.3) is 5.91 Å². The van der Waals surface area contributed by atoms with Crippen LogP contribution in [0.2, 0.25) is 0 Å². The van der Waals surface area contributed by atoms with Crippen molar-refractivity contribution in [2.45, 2.75) is 12.8 Å². The fraction of sp³-hybridized carbons (Fsp3) is 0.333. The molecule has 0 bridgehead atoms. The molecular weight excluding hydrogens is 378 g/mol. The number of aromatic nitrogens is 3. The van der Waals surface area contributed by atoms with Gasteiger partial charge in [-0.2, -0.15) is 5.10 Å². The molecule has 28 heavy (non-hydrogen) atoms. The van der Waals surface area contributed by atoms with Gasteiger partial charge in [0, 0.05) is 36.5 Å². The molecule has 3 heterocycles. The van der Waals surface area contributed by atoms with Gasteiger partial charge in [-0.15, -0.1) is 11.8 Å². The first-order chi connectivity index (χ1) is 13.6. The minimum atomic E-state index is -0.440. The summed E-state index contributed by atoms with van der Waals surface area (Å²) in [5.74, 6) is 1.37. The first-order valence-corrected chi connectivity index (χ1v) is 9.94. The van der Waals surface area contributed by atoms with E-state index in [1.165, 1.54) is 12.4 Å². The smallest absolute Gasteiger partial charge is 0.324 e. The van der Waals surface area contributed by atoms with Crippen LogP contribution < -0.4 is 21.7 Å². The van der Waals surface area contributed by atoms with Gasteiger partial charge in [0.15, 0.2) is 0 Å². The Labute approximate surface area is 167 Å². The molecule has 9 nitrogen and oxygen atoms in total. The molecule has 0 aliphatic carbocycles. The topological polar surface area (TPSA) is 127 Å². The molecule has 0 unspecified atom stereocenters. The second-order valence-electron chi connectivity index (χ2n) is 6.18. The van der Waals surface area contributed by atoms with Gasteiger partial charge >= 0.3 is 6.03 Å². The van der Waals surface area contributed by atoms with Crippen molar-refractivity contribution >= 4 is 40.1 Å². The highest BCUT2D eigenvalue weighted by molar-refractivity contribution is 8.08. The SMILES string of the molecule is Cn1nc(C2=CCCS2)cc1NC(=O)Nc1cncc(C(=O)NCCCN)c1. The quantitative estimate of drug-likeness (QED) is 0.526. The molecule has 3 rings (SSSR count). The van der Waals surface area contributed by atoms with Crippen LogP contribution in [0.1, 0.15) is 28.9 Å². The summed E-state index contributed by atoms with van der Waals surface area (Å²) in [6.45, 7) is 0.997. The molecule has 2 aromatic rings. The summed E-state index contributed by atoms with van der Waals surface area (Å²) in [5.41, 5.74) is 7.04. The van der Waals surface area contributed by atoms with Crippen molar-refractivity contribution in [2.24, 2.45) is 12.8 Å². The summed E-state index contributed by atoms with van der Waals surface area (Å²) in [5, 5.41) is 12.6. The number of anilines is 2. The normalized spacial score (nSPS) is 13.1. The van der Waals surface area contributed by atoms with Crippen LogP contribution in [-0.2, 0) is 7.05 Å². The Morgan fingerprint density at radius 2 is 2.14 bits per heavy atom. The number of allylic oxidation sites excluding steroid dienone is 1. The molecule has 5 N–H and O–H groups in total. The molecule has 0 radical (unpaired) electrons. The summed E-state index contributed by atoms with van der Waals surface area (Å²) in [6, 6.07) is 2.97. The van der Waals surface area contributed by atoms with Crippen LogP contribution >= 0.6 is 11.8 Å². The molecule has 0 saturated carbocycles. The molecule has 1 aliphatic rings. The van der Waals surface area contributed by atoms with Gasteiger partial charge in [-0.1, -0.05) is 6.08 Å². The van der Waals surface area contributed by atoms with Gasteiger partial charge in [-0.3, -0.25) is 19.8 Å². The summed E-state index contributed by atoms with van der Waals surface area (Å²) in [7, 11) is 1.77. The number of amides is 3. The second-order valence-corrected chi connectivity index (χ2v) is 7.32. The number of aryl methyl sites for hydroxylation is 1. The van der Waals surface area contributed by atoms with E-state index in [0.29, 0.717) is 36.6 Å². The van der Waals surface area contributed by atoms with E-state index in [0.717, 1.165) is 22.8 Å². The third-order valence-corrected chi connectivity index (χ3v) is 5.13. The van der Waals surface area contributed by atoms with Gasteiger partial charge in [0.2, 0.25) is 0 Å². The predicted molar refractivity (Wildman–Crippen MR) is 111 cm³/mol. The van der Waals surface area contributed by atoms with Crippen LogP contribution in [0.4, 0.5) is 16.3 Å². The summed E-state index contributed by atoms with van der Waals surface area (Å²) in [4.78, 5) is 29.6. The number of nitrogens with zero attached hydrogens (tertiary/aromatic N) is 3. The number of pyridine rings is 1. The maximum Gasteiger partial charge on any atom is 0.324 e. The summed E-state index contributed by atoms with van der Waals surface area (Å²) >= 11 is 1.75. The zero-order valence-corrected chi connectivity index (χ0v) is 16.4. The van der Waals surface area contributed by atoms with Gasteiger partial charge in [0.1, 0.15) is 11.5 Å². The van der Waals surface area contributed by atoms with Crippen LogP contribution in [0.25, 0.3) is 4.91 Å². The first kappa shape index (κ1) is 19.9. The molecule has 0 fully saturated rings. The van der Waals surface area contributed by atoms with E-state index >= 15 is 0 Å². The Kier molecular flexibility index (Phi) is 6.66. The molecule has 1 aliphatic heterocycles. The van der Waals surface area contributed by atoms with E-state index in [-0.39, 0.29) is 5.91 Å². The van der Waals surface area contributed by atoms with Crippen molar-refractivity contribution < 1.29 is 9.59 Å². The van der Waals surface area contributed by atoms with E-state index in [1.54, 1.807) is 29.6 Å². The van der Waals surface area contributed by atoms with Crippen LogP contribution in [-0.4, -0.2) is 45.5 Å². The number of nitrogens with one attached hydrogen (secondary N) is 3. The maximum absolute atomic E-state index is 12.3. The minimum Gasteiger partial charge on any atom is -0.352 e. The highest BCUT2D eigenvalue weighted by atomic mass is 32.2. The van der Waals surface area contributed by atoms with Crippen LogP contribution in [0.5, 0.6) is 0 Å². The lowest BCUT2D eigenvalue weighted by molar-refractivity contribution is 0.0953. The number of carbonyl (C=O) groups is 2. The standard InChI is InChI=1S/C18H23N7O2S/c1-25-16(9-14(24-25)15-4-2-7-28-15)23-18(27)22-13-8-12(10-20-11-13)17(26)21-6-3-5-19/h4,8-11H,2-3,5-7,19H2,1H3,(H,21,26)(H2,22,23,27). The molecule has 0 atom stereocenters. The molecule has 148 valence electrons. The van der Waals surface area contributed by atoms with Gasteiger partial charge in [-0.25, -0.2) is 4.79 Å². The molecule has 3 amide bonds. The Hall–Kier alpha value is -2.85. The third kappa shape index (κ3) is 5.11. The van der Waals surface area contributed by atoms with E-state index in [4.69, 9.17) is 5.73 Å². The van der Waals surface area contributed by atoms with Gasteiger partial charge in [-0.05, 0) is 25.5 Å². The molecule has 2 aromatic heterocycles. The van der Waals surface area contributed by atoms with Crippen molar-refractivity contribution in [2.75, 3.05) is 29.5 Å². The predicted octanol–water partition coefficient (Wildman–Crippen LogP) is 2.02. The monoisotopic (exact) mass is 401 g/mol. The number of rotatable bonds is 7. The van der Waals surface area contributed by atoms with Crippen molar-refractivity contribution in [3.05, 3.63) is 41.9 Å². The Morgan fingerprint density at radius 1 is 1.29 bits per heavy atom. The highest BCUT2D eigenvalue weighted by Gasteiger charge is 2.15. The Balaban J connectivity index is 1.60. The van der Waals surface area contributed by atoms with E-state index in [2.05, 4.69) is 32.1 Å². The number of hydrogen-bond acceptors (Lipinski definition) is 6. The molecule has 0 saturated heterocycles. The Bertz CT molecular complexity index is 894. The minimum absolute atomic E-state index is 0.261. The van der Waals surface area contributed by atoms with Gasteiger partial charge in [0.05, 0.1) is 17.4 Å². The highest BCUT2D eigenvalue weighted by Crippen LogP contribution is 2.33. The average molecular weight is 401 g/mol. The molecular formula is C18H23N7O2S. The van der Waals surface area contributed by atoms with Crippen LogP contribution in [0.3, 0.4) is 0 Å². The van der Waals surface area contributed by atoms with E-state index in [1.807, 2.05) is 6.07 Å². The Morgan fingerprint density at radius 3 is 2.89 bits per heavy atom. The number of urea groups is 1. The van der Waals surface area contributed by atoms with Crippen LogP contribution in [0, 0.1) is 0 Å². The zero-order chi connectivity index (χ0) is 19.9. The second kappa shape index (κ2) is 9.38. The maximum atomic E-state index is 12.3. The van der Waals surface area contributed by atoms with Crippen molar-refractivity contribution in [1.82, 2.24) is 20.1 Å². The number of thioether (sulfide) groups is 1. The number of carbonyl (C=O) groups excluding carboxylic acids is 2. The number of hydrogen-bond donors (Lipinski definition) is 4. The third-order valence-electron chi connectivity index (χ3n) is 4.00. The average Bonchev–Trinajstić information content (AvgIpc) is 3.32. The van der Waals surface area contributed by atoms with Crippen LogP contribution in [0.15, 0.2) is 30.6 Å². The molecule has 0 spiro atoms. The lowest BCUT2D eigenvalue weighted by atomic mass is 10.2. The van der Waals surface area contributed by atoms with Gasteiger partial charge < -0.3 is 16.4 Å². The van der Waals surface area contributed by atoms with Crippen molar-refractivity contribution in [3.8, 4) is 0 Å². The fourth-order valence-electron chi connectivity index (χ4n) is 2.62. The van der Waals surface area contributed by atoms with E-state index in [9.17, 15) is 9.59 Å². The summed E-state index contributed by atoms with van der Waals surface area (Å²) < 4.78 is 1.62. The molecule has 10 heteroatoms. The largest absolute Gasteiger partial charge is 0.352 e.